The average Bonchev–Trinajstić information content (AvgIpc) is 2.68. The van der Waals surface area contributed by atoms with E-state index in [-0.39, 0.29) is 11.8 Å². The molecule has 152 valence electrons. The molecule has 0 aliphatic rings. The van der Waals surface area contributed by atoms with Crippen molar-refractivity contribution in [2.75, 3.05) is 32.8 Å². The zero-order valence-corrected chi connectivity index (χ0v) is 16.1. The number of carbonyl (C=O) groups excluding carboxylic acids is 2. The van der Waals surface area contributed by atoms with Crippen molar-refractivity contribution in [2.24, 2.45) is 5.73 Å². The summed E-state index contributed by atoms with van der Waals surface area (Å²) in [5, 5.41) is 18.0. The molecule has 0 fully saturated rings. The van der Waals surface area contributed by atoms with E-state index in [0.29, 0.717) is 25.9 Å². The number of hydrogen-bond acceptors (Lipinski definition) is 5. The Morgan fingerprint density at radius 2 is 1.70 bits per heavy atom. The molecule has 1 aromatic rings. The molecule has 0 saturated carbocycles. The monoisotopic (exact) mass is 378 g/mol. The van der Waals surface area contributed by atoms with Crippen LogP contribution in [0, 0.1) is 0 Å². The number of benzene rings is 1. The van der Waals surface area contributed by atoms with Crippen molar-refractivity contribution in [2.45, 2.75) is 44.6 Å². The van der Waals surface area contributed by atoms with Gasteiger partial charge >= 0.3 is 0 Å². The fourth-order valence-corrected chi connectivity index (χ4v) is 2.62. The molecular weight excluding hydrogens is 344 g/mol. The predicted octanol–water partition coefficient (Wildman–Crippen LogP) is 0.321. The lowest BCUT2D eigenvalue weighted by Gasteiger charge is -2.16. The Kier molecular flexibility index (Phi) is 12.9. The highest BCUT2D eigenvalue weighted by Crippen LogP contribution is 2.04. The summed E-state index contributed by atoms with van der Waals surface area (Å²) in [4.78, 5) is 24.1. The fourth-order valence-electron chi connectivity index (χ4n) is 2.62. The van der Waals surface area contributed by atoms with Gasteiger partial charge < -0.3 is 26.8 Å². The molecule has 1 unspecified atom stereocenters. The van der Waals surface area contributed by atoms with Crippen molar-refractivity contribution in [3.05, 3.63) is 35.9 Å². The van der Waals surface area contributed by atoms with E-state index in [4.69, 9.17) is 5.73 Å². The molecule has 0 spiro atoms. The van der Waals surface area contributed by atoms with Crippen LogP contribution in [0.1, 0.15) is 37.7 Å². The summed E-state index contributed by atoms with van der Waals surface area (Å²) in [5.41, 5.74) is 6.60. The second-order valence-electron chi connectivity index (χ2n) is 6.53. The summed E-state index contributed by atoms with van der Waals surface area (Å²) in [6.07, 6.45) is 4.58. The largest absolute Gasteiger partial charge is 0.394 e. The lowest BCUT2D eigenvalue weighted by Crippen LogP contribution is -2.49. The number of aliphatic hydroxyl groups is 1. The van der Waals surface area contributed by atoms with E-state index in [0.717, 1.165) is 38.8 Å². The number of aliphatic hydroxyl groups excluding tert-OH is 1. The van der Waals surface area contributed by atoms with Gasteiger partial charge in [-0.05, 0) is 57.3 Å². The van der Waals surface area contributed by atoms with Crippen LogP contribution in [0.15, 0.2) is 30.3 Å². The van der Waals surface area contributed by atoms with Crippen LogP contribution in [0.25, 0.3) is 0 Å². The molecule has 0 radical (unpaired) electrons. The Balaban J connectivity index is 2.13. The molecule has 1 atom stereocenters. The number of nitrogens with one attached hydrogen (secondary N) is 3. The van der Waals surface area contributed by atoms with Crippen LogP contribution < -0.4 is 21.7 Å². The van der Waals surface area contributed by atoms with Gasteiger partial charge in [0, 0.05) is 13.0 Å². The summed E-state index contributed by atoms with van der Waals surface area (Å²) in [7, 11) is 0. The van der Waals surface area contributed by atoms with Gasteiger partial charge in [-0.15, -0.1) is 0 Å². The minimum Gasteiger partial charge on any atom is -0.394 e. The zero-order valence-electron chi connectivity index (χ0n) is 16.1. The Morgan fingerprint density at radius 3 is 2.41 bits per heavy atom. The molecule has 2 amide bonds. The standard InChI is InChI=1S/C20H34N4O3/c21-12-7-14-22-13-4-5-15-23-20(27)18(16-25)24-19(26)11-6-10-17-8-2-1-3-9-17/h1-3,8-9,18,22,25H,4-7,10-16,21H2,(H,23,27)(H,24,26). The number of rotatable bonds is 15. The van der Waals surface area contributed by atoms with Crippen LogP contribution in [0.5, 0.6) is 0 Å². The van der Waals surface area contributed by atoms with Crippen molar-refractivity contribution >= 4 is 11.8 Å². The number of nitrogens with two attached hydrogens (primary N) is 1. The van der Waals surface area contributed by atoms with E-state index in [1.54, 1.807) is 0 Å². The summed E-state index contributed by atoms with van der Waals surface area (Å²) in [5.74, 6) is -0.561. The summed E-state index contributed by atoms with van der Waals surface area (Å²) in [6.45, 7) is 2.60. The first-order valence-corrected chi connectivity index (χ1v) is 9.80. The van der Waals surface area contributed by atoms with Gasteiger partial charge in [0.05, 0.1) is 6.61 Å². The maximum atomic E-state index is 12.1. The Morgan fingerprint density at radius 1 is 1.00 bits per heavy atom. The third-order valence-corrected chi connectivity index (χ3v) is 4.18. The molecule has 0 aromatic heterocycles. The second-order valence-corrected chi connectivity index (χ2v) is 6.53. The maximum Gasteiger partial charge on any atom is 0.244 e. The Hall–Kier alpha value is -1.96. The van der Waals surface area contributed by atoms with Gasteiger partial charge in [-0.25, -0.2) is 0 Å². The smallest absolute Gasteiger partial charge is 0.244 e. The van der Waals surface area contributed by atoms with Crippen molar-refractivity contribution in [1.82, 2.24) is 16.0 Å². The number of hydrogen-bond donors (Lipinski definition) is 5. The average molecular weight is 379 g/mol. The topological polar surface area (TPSA) is 116 Å². The van der Waals surface area contributed by atoms with Crippen molar-refractivity contribution < 1.29 is 14.7 Å². The first-order chi connectivity index (χ1) is 13.2. The van der Waals surface area contributed by atoms with Crippen LogP contribution in [0.3, 0.4) is 0 Å². The van der Waals surface area contributed by atoms with Gasteiger partial charge in [0.15, 0.2) is 0 Å². The molecule has 1 aromatic carbocycles. The van der Waals surface area contributed by atoms with Gasteiger partial charge in [0.2, 0.25) is 11.8 Å². The third kappa shape index (κ3) is 11.4. The first-order valence-electron chi connectivity index (χ1n) is 9.80. The summed E-state index contributed by atoms with van der Waals surface area (Å²) in [6, 6.07) is 9.05. The third-order valence-electron chi connectivity index (χ3n) is 4.18. The normalized spacial score (nSPS) is 11.8. The lowest BCUT2D eigenvalue weighted by molar-refractivity contribution is -0.130. The van der Waals surface area contributed by atoms with Gasteiger partial charge in [-0.1, -0.05) is 30.3 Å². The lowest BCUT2D eigenvalue weighted by atomic mass is 10.1. The minimum absolute atomic E-state index is 0.218. The van der Waals surface area contributed by atoms with Crippen LogP contribution >= 0.6 is 0 Å². The van der Waals surface area contributed by atoms with Crippen LogP contribution in [0.4, 0.5) is 0 Å². The maximum absolute atomic E-state index is 12.1. The molecule has 1 rings (SSSR count). The molecule has 7 heteroatoms. The van der Waals surface area contributed by atoms with Crippen molar-refractivity contribution in [3.8, 4) is 0 Å². The molecular formula is C20H34N4O3. The highest BCUT2D eigenvalue weighted by Gasteiger charge is 2.19. The van der Waals surface area contributed by atoms with Crippen molar-refractivity contribution in [3.63, 3.8) is 0 Å². The fraction of sp³-hybridized carbons (Fsp3) is 0.600. The highest BCUT2D eigenvalue weighted by molar-refractivity contribution is 5.87. The SMILES string of the molecule is NCCCNCCCCNC(=O)C(CO)NC(=O)CCCc1ccccc1. The molecule has 0 heterocycles. The Labute approximate surface area is 162 Å². The summed E-state index contributed by atoms with van der Waals surface area (Å²) < 4.78 is 0. The molecule has 0 saturated heterocycles. The van der Waals surface area contributed by atoms with E-state index in [1.807, 2.05) is 30.3 Å². The quantitative estimate of drug-likeness (QED) is 0.282. The Bertz CT molecular complexity index is 525. The van der Waals surface area contributed by atoms with Crippen LogP contribution in [-0.4, -0.2) is 55.7 Å². The molecule has 0 aliphatic heterocycles. The second kappa shape index (κ2) is 15.1. The van der Waals surface area contributed by atoms with Gasteiger partial charge in [-0.2, -0.15) is 0 Å². The number of unbranched alkanes of at least 4 members (excludes halogenated alkanes) is 1. The minimum atomic E-state index is -0.892. The van der Waals surface area contributed by atoms with Crippen molar-refractivity contribution in [1.29, 1.82) is 0 Å². The number of amides is 2. The number of carbonyl (C=O) groups is 2. The van der Waals surface area contributed by atoms with Crippen LogP contribution in [0.2, 0.25) is 0 Å². The van der Waals surface area contributed by atoms with E-state index in [9.17, 15) is 14.7 Å². The van der Waals surface area contributed by atoms with E-state index < -0.39 is 12.6 Å². The first kappa shape index (κ1) is 23.1. The van der Waals surface area contributed by atoms with E-state index in [2.05, 4.69) is 16.0 Å². The summed E-state index contributed by atoms with van der Waals surface area (Å²) >= 11 is 0. The van der Waals surface area contributed by atoms with Gasteiger partial charge in [0.1, 0.15) is 6.04 Å². The molecule has 0 bridgehead atoms. The van der Waals surface area contributed by atoms with Gasteiger partial charge in [-0.3, -0.25) is 9.59 Å². The predicted molar refractivity (Wildman–Crippen MR) is 107 cm³/mol. The highest BCUT2D eigenvalue weighted by atomic mass is 16.3. The number of aryl methyl sites for hydroxylation is 1. The molecule has 0 aliphatic carbocycles. The van der Waals surface area contributed by atoms with E-state index in [1.165, 1.54) is 5.56 Å². The van der Waals surface area contributed by atoms with Gasteiger partial charge in [0.25, 0.3) is 0 Å². The van der Waals surface area contributed by atoms with E-state index >= 15 is 0 Å². The molecule has 7 nitrogen and oxygen atoms in total. The van der Waals surface area contributed by atoms with Crippen LogP contribution in [-0.2, 0) is 16.0 Å². The zero-order chi connectivity index (χ0) is 19.7. The molecule has 27 heavy (non-hydrogen) atoms. The molecule has 6 N–H and O–H groups in total.